The molecule has 24 heavy (non-hydrogen) atoms. The molecule has 0 amide bonds. The molecule has 0 radical (unpaired) electrons. The van der Waals surface area contributed by atoms with E-state index in [0.717, 1.165) is 23.9 Å². The van der Waals surface area contributed by atoms with Crippen molar-refractivity contribution in [3.63, 3.8) is 0 Å². The van der Waals surface area contributed by atoms with Crippen LogP contribution in [0.15, 0.2) is 21.2 Å². The highest BCUT2D eigenvalue weighted by atomic mass is 32.2. The van der Waals surface area contributed by atoms with Crippen LogP contribution in [0.4, 0.5) is 0 Å². The van der Waals surface area contributed by atoms with Crippen molar-refractivity contribution in [2.45, 2.75) is 31.1 Å². The molecular weight excluding hydrogens is 332 g/mol. The summed E-state index contributed by atoms with van der Waals surface area (Å²) in [6.07, 6.45) is 4.37. The van der Waals surface area contributed by atoms with Crippen LogP contribution in [0, 0.1) is 0 Å². The molecule has 0 N–H and O–H groups in total. The van der Waals surface area contributed by atoms with Crippen molar-refractivity contribution in [1.29, 1.82) is 0 Å². The van der Waals surface area contributed by atoms with E-state index in [2.05, 4.69) is 20.3 Å². The minimum atomic E-state index is -2.99. The predicted molar refractivity (Wildman–Crippen MR) is 83.1 cm³/mol. The summed E-state index contributed by atoms with van der Waals surface area (Å²) in [6.45, 7) is 0. The largest absolute Gasteiger partial charge is 0.420 e. The van der Waals surface area contributed by atoms with E-state index in [1.54, 1.807) is 6.20 Å². The van der Waals surface area contributed by atoms with E-state index in [1.807, 2.05) is 6.07 Å². The lowest BCUT2D eigenvalue weighted by Crippen LogP contribution is -2.03. The summed E-state index contributed by atoms with van der Waals surface area (Å²) >= 11 is 0. The molecule has 1 aliphatic heterocycles. The lowest BCUT2D eigenvalue weighted by Gasteiger charge is -1.99. The molecule has 1 aliphatic carbocycles. The van der Waals surface area contributed by atoms with E-state index < -0.39 is 9.84 Å². The molecule has 1 saturated carbocycles. The molecule has 9 heteroatoms. The molecule has 124 valence electrons. The summed E-state index contributed by atoms with van der Waals surface area (Å²) in [5, 5.41) is 13.1. The maximum atomic E-state index is 11.6. The van der Waals surface area contributed by atoms with Gasteiger partial charge >= 0.3 is 0 Å². The molecular formula is C15H14N4O4S. The second-order valence-corrected chi connectivity index (χ2v) is 8.69. The number of nitrogens with zero attached hydrogens (tertiary/aromatic N) is 4. The standard InChI is InChI=1S/C15H14N4O4S/c20-24(21)4-3-9(7-24)13-17-18-14(22-13)10-5-11-12(8-1-2-8)19-23-15(11)16-6-10/h5-6,8-9H,1-4,7H2/t9-/m0/s1. The first-order chi connectivity index (χ1) is 11.6. The highest BCUT2D eigenvalue weighted by molar-refractivity contribution is 7.91. The molecule has 0 bridgehead atoms. The van der Waals surface area contributed by atoms with Crippen LogP contribution in [0.2, 0.25) is 0 Å². The molecule has 2 fully saturated rings. The van der Waals surface area contributed by atoms with Crippen LogP contribution in [-0.4, -0.2) is 40.3 Å². The summed E-state index contributed by atoms with van der Waals surface area (Å²) < 4.78 is 34.2. The number of hydrogen-bond donors (Lipinski definition) is 0. The Morgan fingerprint density at radius 3 is 2.75 bits per heavy atom. The summed E-state index contributed by atoms with van der Waals surface area (Å²) in [7, 11) is -2.99. The average molecular weight is 346 g/mol. The minimum Gasteiger partial charge on any atom is -0.420 e. The van der Waals surface area contributed by atoms with E-state index in [9.17, 15) is 8.42 Å². The fourth-order valence-electron chi connectivity index (χ4n) is 3.12. The Morgan fingerprint density at radius 2 is 2.00 bits per heavy atom. The Hall–Kier alpha value is -2.29. The van der Waals surface area contributed by atoms with Gasteiger partial charge in [-0.3, -0.25) is 0 Å². The van der Waals surface area contributed by atoms with Crippen LogP contribution in [0.1, 0.15) is 42.7 Å². The first kappa shape index (κ1) is 14.1. The highest BCUT2D eigenvalue weighted by Gasteiger charge is 2.33. The van der Waals surface area contributed by atoms with Gasteiger partial charge < -0.3 is 8.94 Å². The first-order valence-electron chi connectivity index (χ1n) is 7.88. The van der Waals surface area contributed by atoms with E-state index in [4.69, 9.17) is 8.94 Å². The fourth-order valence-corrected chi connectivity index (χ4v) is 4.86. The van der Waals surface area contributed by atoms with Gasteiger partial charge in [-0.2, -0.15) is 0 Å². The van der Waals surface area contributed by atoms with Crippen molar-refractivity contribution < 1.29 is 17.4 Å². The van der Waals surface area contributed by atoms with Gasteiger partial charge in [0.05, 0.1) is 34.1 Å². The van der Waals surface area contributed by atoms with Crippen molar-refractivity contribution in [3.05, 3.63) is 23.8 Å². The normalized spacial score (nSPS) is 23.1. The molecule has 3 aromatic rings. The zero-order valence-electron chi connectivity index (χ0n) is 12.7. The van der Waals surface area contributed by atoms with E-state index in [0.29, 0.717) is 35.4 Å². The maximum absolute atomic E-state index is 11.6. The Labute approximate surface area is 137 Å². The third-order valence-corrected chi connectivity index (χ3v) is 6.36. The van der Waals surface area contributed by atoms with Crippen LogP contribution < -0.4 is 0 Å². The number of hydrogen-bond acceptors (Lipinski definition) is 8. The van der Waals surface area contributed by atoms with Gasteiger partial charge in [0.25, 0.3) is 5.71 Å². The van der Waals surface area contributed by atoms with E-state index in [-0.39, 0.29) is 17.4 Å². The molecule has 5 rings (SSSR count). The smallest absolute Gasteiger partial charge is 0.257 e. The number of pyridine rings is 1. The zero-order chi connectivity index (χ0) is 16.3. The molecule has 1 atom stereocenters. The second kappa shape index (κ2) is 4.85. The molecule has 0 aromatic carbocycles. The van der Waals surface area contributed by atoms with Gasteiger partial charge in [-0.1, -0.05) is 5.16 Å². The quantitative estimate of drug-likeness (QED) is 0.708. The Kier molecular flexibility index (Phi) is 2.85. The van der Waals surface area contributed by atoms with Crippen molar-refractivity contribution in [2.75, 3.05) is 11.5 Å². The zero-order valence-corrected chi connectivity index (χ0v) is 13.5. The molecule has 3 aromatic heterocycles. The molecule has 8 nitrogen and oxygen atoms in total. The molecule has 0 spiro atoms. The number of rotatable bonds is 3. The van der Waals surface area contributed by atoms with Crippen LogP contribution in [0.5, 0.6) is 0 Å². The third kappa shape index (κ3) is 2.31. The maximum Gasteiger partial charge on any atom is 0.257 e. The number of aromatic nitrogens is 4. The lowest BCUT2D eigenvalue weighted by molar-refractivity contribution is 0.439. The monoisotopic (exact) mass is 346 g/mol. The molecule has 2 aliphatic rings. The van der Waals surface area contributed by atoms with Crippen molar-refractivity contribution in [1.82, 2.24) is 20.3 Å². The average Bonchev–Trinajstić information content (AvgIpc) is 2.99. The van der Waals surface area contributed by atoms with Gasteiger partial charge in [0, 0.05) is 12.1 Å². The Balaban J connectivity index is 1.50. The summed E-state index contributed by atoms with van der Waals surface area (Å²) in [6, 6.07) is 1.90. The van der Waals surface area contributed by atoms with Gasteiger partial charge in [0.2, 0.25) is 11.8 Å². The molecule has 1 saturated heterocycles. The molecule has 4 heterocycles. The van der Waals surface area contributed by atoms with Crippen LogP contribution >= 0.6 is 0 Å². The third-order valence-electron chi connectivity index (χ3n) is 4.59. The SMILES string of the molecule is O=S1(=O)CC[C@H](c2nnc(-c3cnc4onc(C5CC5)c4c3)o2)C1. The second-order valence-electron chi connectivity index (χ2n) is 6.46. The minimum absolute atomic E-state index is 0.0728. The van der Waals surface area contributed by atoms with Gasteiger partial charge in [0.1, 0.15) is 0 Å². The topological polar surface area (TPSA) is 112 Å². The summed E-state index contributed by atoms with van der Waals surface area (Å²) in [4.78, 5) is 4.27. The number of fused-ring (bicyclic) bond motifs is 1. The van der Waals surface area contributed by atoms with Gasteiger partial charge in [-0.05, 0) is 25.3 Å². The predicted octanol–water partition coefficient (Wildman–Crippen LogP) is 2.05. The van der Waals surface area contributed by atoms with Crippen LogP contribution in [0.25, 0.3) is 22.6 Å². The van der Waals surface area contributed by atoms with Gasteiger partial charge in [-0.15, -0.1) is 10.2 Å². The summed E-state index contributed by atoms with van der Waals surface area (Å²) in [5.74, 6) is 1.19. The Morgan fingerprint density at radius 1 is 1.12 bits per heavy atom. The highest BCUT2D eigenvalue weighted by Crippen LogP contribution is 2.42. The Bertz CT molecular complexity index is 1030. The number of sulfone groups is 1. The lowest BCUT2D eigenvalue weighted by atomic mass is 10.1. The van der Waals surface area contributed by atoms with Crippen molar-refractivity contribution >= 4 is 20.9 Å². The molecule has 0 unspecified atom stereocenters. The van der Waals surface area contributed by atoms with Crippen molar-refractivity contribution in [2.24, 2.45) is 0 Å². The first-order valence-corrected chi connectivity index (χ1v) is 9.71. The summed E-state index contributed by atoms with van der Waals surface area (Å²) in [5.41, 5.74) is 2.12. The van der Waals surface area contributed by atoms with E-state index >= 15 is 0 Å². The fraction of sp³-hybridized carbons (Fsp3) is 0.467. The van der Waals surface area contributed by atoms with E-state index in [1.165, 1.54) is 0 Å². The van der Waals surface area contributed by atoms with Crippen molar-refractivity contribution in [3.8, 4) is 11.5 Å². The van der Waals surface area contributed by atoms with Gasteiger partial charge in [-0.25, -0.2) is 13.4 Å². The van der Waals surface area contributed by atoms with Gasteiger partial charge in [0.15, 0.2) is 9.84 Å². The van der Waals surface area contributed by atoms with Crippen LogP contribution in [-0.2, 0) is 9.84 Å². The van der Waals surface area contributed by atoms with Crippen LogP contribution in [0.3, 0.4) is 0 Å².